The fourth-order valence-electron chi connectivity index (χ4n) is 3.29. The molecule has 2 heterocycles. The summed E-state index contributed by atoms with van der Waals surface area (Å²) in [5.74, 6) is 0.216. The van der Waals surface area contributed by atoms with Gasteiger partial charge in [0.25, 0.3) is 0 Å². The normalized spacial score (nSPS) is 21.7. The van der Waals surface area contributed by atoms with Gasteiger partial charge in [0.1, 0.15) is 0 Å². The van der Waals surface area contributed by atoms with Gasteiger partial charge in [0.05, 0.1) is 6.54 Å². The molecule has 1 amide bonds. The van der Waals surface area contributed by atoms with Gasteiger partial charge in [-0.1, -0.05) is 12.8 Å². The molecular formula is C16H25N3OS. The largest absolute Gasteiger partial charge is 0.352 e. The second-order valence-electron chi connectivity index (χ2n) is 6.23. The summed E-state index contributed by atoms with van der Waals surface area (Å²) < 4.78 is 0. The van der Waals surface area contributed by atoms with Crippen LogP contribution < -0.4 is 5.32 Å². The molecule has 0 atom stereocenters. The molecule has 1 aliphatic heterocycles. The van der Waals surface area contributed by atoms with Crippen molar-refractivity contribution in [3.63, 3.8) is 0 Å². The molecular weight excluding hydrogens is 282 g/mol. The molecule has 0 radical (unpaired) electrons. The number of carbonyl (C=O) groups is 1. The molecule has 1 aromatic heterocycles. The molecule has 1 N–H and O–H groups in total. The minimum absolute atomic E-state index is 0.216. The van der Waals surface area contributed by atoms with Crippen molar-refractivity contribution in [1.29, 1.82) is 0 Å². The van der Waals surface area contributed by atoms with Crippen LogP contribution in [0.3, 0.4) is 0 Å². The van der Waals surface area contributed by atoms with Crippen LogP contribution in [0.1, 0.15) is 31.2 Å². The van der Waals surface area contributed by atoms with Crippen molar-refractivity contribution >= 4 is 17.2 Å². The van der Waals surface area contributed by atoms with E-state index in [4.69, 9.17) is 0 Å². The third-order valence-corrected chi connectivity index (χ3v) is 5.27. The lowest BCUT2D eigenvalue weighted by molar-refractivity contribution is -0.123. The Kier molecular flexibility index (Phi) is 5.27. The quantitative estimate of drug-likeness (QED) is 0.903. The first kappa shape index (κ1) is 15.0. The van der Waals surface area contributed by atoms with E-state index >= 15 is 0 Å². The van der Waals surface area contributed by atoms with Crippen LogP contribution in [-0.2, 0) is 11.3 Å². The van der Waals surface area contributed by atoms with Crippen molar-refractivity contribution in [3.05, 3.63) is 22.4 Å². The van der Waals surface area contributed by atoms with Gasteiger partial charge >= 0.3 is 0 Å². The van der Waals surface area contributed by atoms with E-state index in [1.807, 2.05) is 0 Å². The maximum Gasteiger partial charge on any atom is 0.234 e. The standard InChI is InChI=1S/C16H25N3OS/c20-16(17-15-3-1-2-4-15)12-19-8-6-18(7-9-19)11-14-5-10-21-13-14/h5,10,13,15H,1-4,6-9,11-12H2,(H,17,20). The Morgan fingerprint density at radius 3 is 2.57 bits per heavy atom. The predicted octanol–water partition coefficient (Wildman–Crippen LogP) is 1.92. The molecule has 0 aromatic carbocycles. The Morgan fingerprint density at radius 1 is 1.19 bits per heavy atom. The fraction of sp³-hybridized carbons (Fsp3) is 0.688. The number of carbonyl (C=O) groups excluding carboxylic acids is 1. The van der Waals surface area contributed by atoms with E-state index in [9.17, 15) is 4.79 Å². The van der Waals surface area contributed by atoms with Crippen molar-refractivity contribution in [2.45, 2.75) is 38.3 Å². The summed E-state index contributed by atoms with van der Waals surface area (Å²) in [6.45, 7) is 5.75. The van der Waals surface area contributed by atoms with Gasteiger partial charge in [0.15, 0.2) is 0 Å². The summed E-state index contributed by atoms with van der Waals surface area (Å²) in [7, 11) is 0. The molecule has 1 aliphatic carbocycles. The highest BCUT2D eigenvalue weighted by atomic mass is 32.1. The minimum atomic E-state index is 0.216. The maximum atomic E-state index is 12.0. The van der Waals surface area contributed by atoms with E-state index in [2.05, 4.69) is 31.9 Å². The summed E-state index contributed by atoms with van der Waals surface area (Å²) in [4.78, 5) is 16.8. The predicted molar refractivity (Wildman–Crippen MR) is 86.4 cm³/mol. The Balaban J connectivity index is 1.36. The van der Waals surface area contributed by atoms with E-state index in [1.165, 1.54) is 31.2 Å². The molecule has 21 heavy (non-hydrogen) atoms. The van der Waals surface area contributed by atoms with Crippen LogP contribution in [0.4, 0.5) is 0 Å². The number of nitrogens with zero attached hydrogens (tertiary/aromatic N) is 2. The maximum absolute atomic E-state index is 12.0. The van der Waals surface area contributed by atoms with Gasteiger partial charge in [0.2, 0.25) is 5.91 Å². The number of rotatable bonds is 5. The average molecular weight is 307 g/mol. The SMILES string of the molecule is O=C(CN1CCN(Cc2ccsc2)CC1)NC1CCCC1. The Morgan fingerprint density at radius 2 is 1.90 bits per heavy atom. The van der Waals surface area contributed by atoms with Gasteiger partial charge < -0.3 is 5.32 Å². The Hall–Kier alpha value is -0.910. The molecule has 0 unspecified atom stereocenters. The average Bonchev–Trinajstić information content (AvgIpc) is 3.14. The number of amides is 1. The zero-order valence-electron chi connectivity index (χ0n) is 12.6. The molecule has 0 spiro atoms. The Labute approximate surface area is 131 Å². The molecule has 116 valence electrons. The molecule has 2 aliphatic rings. The van der Waals surface area contributed by atoms with Crippen LogP contribution in [0, 0.1) is 0 Å². The van der Waals surface area contributed by atoms with Gasteiger partial charge in [0, 0.05) is 38.8 Å². The monoisotopic (exact) mass is 307 g/mol. The van der Waals surface area contributed by atoms with Crippen LogP contribution in [0.5, 0.6) is 0 Å². The number of nitrogens with one attached hydrogen (secondary N) is 1. The number of thiophene rings is 1. The summed E-state index contributed by atoms with van der Waals surface area (Å²) in [6.07, 6.45) is 4.87. The van der Waals surface area contributed by atoms with Crippen molar-refractivity contribution in [3.8, 4) is 0 Å². The summed E-state index contributed by atoms with van der Waals surface area (Å²) in [5, 5.41) is 7.54. The molecule has 2 fully saturated rings. The van der Waals surface area contributed by atoms with Gasteiger partial charge in [-0.3, -0.25) is 14.6 Å². The summed E-state index contributed by atoms with van der Waals surface area (Å²) in [5.41, 5.74) is 1.41. The second-order valence-corrected chi connectivity index (χ2v) is 7.01. The third kappa shape index (κ3) is 4.53. The molecule has 4 nitrogen and oxygen atoms in total. The van der Waals surface area contributed by atoms with Crippen molar-refractivity contribution < 1.29 is 4.79 Å². The van der Waals surface area contributed by atoms with E-state index in [1.54, 1.807) is 11.3 Å². The van der Waals surface area contributed by atoms with E-state index in [0.717, 1.165) is 32.7 Å². The van der Waals surface area contributed by atoms with Crippen LogP contribution in [0.25, 0.3) is 0 Å². The number of hydrogen-bond donors (Lipinski definition) is 1. The van der Waals surface area contributed by atoms with Crippen molar-refractivity contribution in [2.75, 3.05) is 32.7 Å². The van der Waals surface area contributed by atoms with Crippen LogP contribution in [0.2, 0.25) is 0 Å². The van der Waals surface area contributed by atoms with Crippen LogP contribution in [-0.4, -0.2) is 54.5 Å². The van der Waals surface area contributed by atoms with Gasteiger partial charge in [-0.05, 0) is 35.2 Å². The first-order valence-electron chi connectivity index (χ1n) is 8.05. The minimum Gasteiger partial charge on any atom is -0.352 e. The lowest BCUT2D eigenvalue weighted by atomic mass is 10.2. The summed E-state index contributed by atoms with van der Waals surface area (Å²) in [6, 6.07) is 2.64. The van der Waals surface area contributed by atoms with Crippen molar-refractivity contribution in [2.24, 2.45) is 0 Å². The first-order valence-corrected chi connectivity index (χ1v) is 8.99. The van der Waals surface area contributed by atoms with E-state index < -0.39 is 0 Å². The fourth-order valence-corrected chi connectivity index (χ4v) is 3.95. The lowest BCUT2D eigenvalue weighted by Gasteiger charge is -2.34. The van der Waals surface area contributed by atoms with Gasteiger partial charge in [-0.2, -0.15) is 11.3 Å². The van der Waals surface area contributed by atoms with Crippen molar-refractivity contribution in [1.82, 2.24) is 15.1 Å². The van der Waals surface area contributed by atoms with Gasteiger partial charge in [-0.15, -0.1) is 0 Å². The van der Waals surface area contributed by atoms with Crippen LogP contribution >= 0.6 is 11.3 Å². The molecule has 5 heteroatoms. The highest BCUT2D eigenvalue weighted by molar-refractivity contribution is 7.07. The number of hydrogen-bond acceptors (Lipinski definition) is 4. The third-order valence-electron chi connectivity index (χ3n) is 4.54. The second kappa shape index (κ2) is 7.38. The Bertz CT molecular complexity index is 434. The zero-order chi connectivity index (χ0) is 14.5. The summed E-state index contributed by atoms with van der Waals surface area (Å²) >= 11 is 1.76. The molecule has 3 rings (SSSR count). The van der Waals surface area contributed by atoms with E-state index in [-0.39, 0.29) is 5.91 Å². The molecule has 1 saturated carbocycles. The van der Waals surface area contributed by atoms with Gasteiger partial charge in [-0.25, -0.2) is 0 Å². The van der Waals surface area contributed by atoms with E-state index in [0.29, 0.717) is 12.6 Å². The topological polar surface area (TPSA) is 35.6 Å². The molecule has 0 bridgehead atoms. The highest BCUT2D eigenvalue weighted by Gasteiger charge is 2.21. The molecule has 1 saturated heterocycles. The number of piperazine rings is 1. The highest BCUT2D eigenvalue weighted by Crippen LogP contribution is 2.17. The lowest BCUT2D eigenvalue weighted by Crippen LogP contribution is -2.49. The molecule has 1 aromatic rings. The first-order chi connectivity index (χ1) is 10.3. The zero-order valence-corrected chi connectivity index (χ0v) is 13.4. The smallest absolute Gasteiger partial charge is 0.234 e. The van der Waals surface area contributed by atoms with Crippen LogP contribution in [0.15, 0.2) is 16.8 Å².